The molecule has 2 heterocycles. The van der Waals surface area contributed by atoms with Crippen LogP contribution in [0.1, 0.15) is 51.2 Å². The highest BCUT2D eigenvalue weighted by molar-refractivity contribution is 7.09. The lowest BCUT2D eigenvalue weighted by Gasteiger charge is -2.31. The van der Waals surface area contributed by atoms with Gasteiger partial charge in [0.05, 0.1) is 5.01 Å². The standard InChI is InChI=1S/C20H26N4O2S.ClH/c1-13-4-3-9-24(11-13)20(26)15-5-6-16(14(2)10-15)23-19(25)17-12-27-18(22-17)7-8-21;/h5-6,10,12-13H,3-4,7-9,11,21H2,1-2H3,(H,23,25);1H. The number of anilines is 1. The van der Waals surface area contributed by atoms with Crippen molar-refractivity contribution in [1.82, 2.24) is 9.88 Å². The fraction of sp³-hybridized carbons (Fsp3) is 0.450. The second kappa shape index (κ2) is 10.0. The van der Waals surface area contributed by atoms with E-state index in [1.807, 2.05) is 17.9 Å². The SMILES string of the molecule is Cc1cc(C(=O)N2CCCC(C)C2)ccc1NC(=O)c1csc(CCN)n1.Cl. The number of aromatic nitrogens is 1. The summed E-state index contributed by atoms with van der Waals surface area (Å²) in [5.41, 5.74) is 8.13. The van der Waals surface area contributed by atoms with Gasteiger partial charge in [-0.05, 0) is 56.0 Å². The number of nitrogens with one attached hydrogen (secondary N) is 1. The number of hydrogen-bond donors (Lipinski definition) is 2. The zero-order valence-electron chi connectivity index (χ0n) is 16.2. The summed E-state index contributed by atoms with van der Waals surface area (Å²) in [5.74, 6) is 0.361. The van der Waals surface area contributed by atoms with Crippen molar-refractivity contribution in [3.8, 4) is 0 Å². The fourth-order valence-electron chi connectivity index (χ4n) is 3.33. The topological polar surface area (TPSA) is 88.3 Å². The maximum atomic E-state index is 12.7. The molecule has 1 atom stereocenters. The smallest absolute Gasteiger partial charge is 0.275 e. The van der Waals surface area contributed by atoms with Crippen LogP contribution in [0.4, 0.5) is 5.69 Å². The third-order valence-electron chi connectivity index (χ3n) is 4.81. The highest BCUT2D eigenvalue weighted by Gasteiger charge is 2.22. The zero-order valence-corrected chi connectivity index (χ0v) is 17.9. The summed E-state index contributed by atoms with van der Waals surface area (Å²) < 4.78 is 0. The van der Waals surface area contributed by atoms with Crippen LogP contribution in [0.5, 0.6) is 0 Å². The van der Waals surface area contributed by atoms with E-state index in [0.717, 1.165) is 30.1 Å². The van der Waals surface area contributed by atoms with E-state index in [1.54, 1.807) is 17.5 Å². The molecule has 0 bridgehead atoms. The molecule has 6 nitrogen and oxygen atoms in total. The summed E-state index contributed by atoms with van der Waals surface area (Å²) in [6.07, 6.45) is 2.90. The van der Waals surface area contributed by atoms with E-state index in [-0.39, 0.29) is 24.2 Å². The van der Waals surface area contributed by atoms with E-state index < -0.39 is 0 Å². The van der Waals surface area contributed by atoms with Crippen molar-refractivity contribution in [2.24, 2.45) is 11.7 Å². The predicted molar refractivity (Wildman–Crippen MR) is 116 cm³/mol. The molecule has 8 heteroatoms. The number of aryl methyl sites for hydroxylation is 1. The van der Waals surface area contributed by atoms with Gasteiger partial charge in [0.25, 0.3) is 11.8 Å². The normalized spacial score (nSPS) is 16.4. The zero-order chi connectivity index (χ0) is 19.4. The summed E-state index contributed by atoms with van der Waals surface area (Å²) in [5, 5.41) is 5.48. The molecule has 1 aliphatic heterocycles. The minimum atomic E-state index is -0.249. The third kappa shape index (κ3) is 5.31. The first kappa shape index (κ1) is 22.3. The van der Waals surface area contributed by atoms with Gasteiger partial charge in [0.1, 0.15) is 5.69 Å². The Morgan fingerprint density at radius 1 is 1.39 bits per heavy atom. The second-order valence-electron chi connectivity index (χ2n) is 7.15. The number of benzene rings is 1. The number of carbonyl (C=O) groups is 2. The third-order valence-corrected chi connectivity index (χ3v) is 5.72. The number of nitrogens with two attached hydrogens (primary N) is 1. The number of hydrogen-bond acceptors (Lipinski definition) is 5. The number of halogens is 1. The molecule has 152 valence electrons. The number of nitrogens with zero attached hydrogens (tertiary/aromatic N) is 2. The average molecular weight is 423 g/mol. The summed E-state index contributed by atoms with van der Waals surface area (Å²) >= 11 is 1.44. The Morgan fingerprint density at radius 3 is 2.86 bits per heavy atom. The van der Waals surface area contributed by atoms with E-state index in [9.17, 15) is 9.59 Å². The summed E-state index contributed by atoms with van der Waals surface area (Å²) in [4.78, 5) is 31.4. The van der Waals surface area contributed by atoms with Crippen LogP contribution >= 0.6 is 23.7 Å². The average Bonchev–Trinajstić information content (AvgIpc) is 3.12. The van der Waals surface area contributed by atoms with Crippen LogP contribution in [0.3, 0.4) is 0 Å². The Morgan fingerprint density at radius 2 is 2.18 bits per heavy atom. The Bertz CT molecular complexity index is 839. The van der Waals surface area contributed by atoms with Gasteiger partial charge in [-0.15, -0.1) is 23.7 Å². The molecule has 0 radical (unpaired) electrons. The molecule has 3 N–H and O–H groups in total. The van der Waals surface area contributed by atoms with Crippen LogP contribution in [0.25, 0.3) is 0 Å². The number of amides is 2. The highest BCUT2D eigenvalue weighted by Crippen LogP contribution is 2.22. The number of rotatable bonds is 5. The van der Waals surface area contributed by atoms with Gasteiger partial charge >= 0.3 is 0 Å². The molecular weight excluding hydrogens is 396 g/mol. The Kier molecular flexibility index (Phi) is 7.98. The van der Waals surface area contributed by atoms with Gasteiger partial charge in [-0.25, -0.2) is 4.98 Å². The van der Waals surface area contributed by atoms with Gasteiger partial charge in [0.15, 0.2) is 0 Å². The van der Waals surface area contributed by atoms with Gasteiger partial charge < -0.3 is 16.0 Å². The number of thiazole rings is 1. The van der Waals surface area contributed by atoms with Crippen LogP contribution in [-0.2, 0) is 6.42 Å². The molecule has 2 aromatic rings. The molecule has 1 unspecified atom stereocenters. The van der Waals surface area contributed by atoms with Gasteiger partial charge in [-0.3, -0.25) is 9.59 Å². The Labute approximate surface area is 175 Å². The Hall–Kier alpha value is -1.96. The molecule has 1 aliphatic rings. The van der Waals surface area contributed by atoms with Crippen LogP contribution in [-0.4, -0.2) is 41.3 Å². The molecule has 28 heavy (non-hydrogen) atoms. The van der Waals surface area contributed by atoms with Crippen LogP contribution in [0, 0.1) is 12.8 Å². The summed E-state index contributed by atoms with van der Waals surface area (Å²) in [6, 6.07) is 5.42. The first-order valence-electron chi connectivity index (χ1n) is 9.33. The molecule has 1 saturated heterocycles. The molecule has 0 spiro atoms. The fourth-order valence-corrected chi connectivity index (χ4v) is 4.13. The van der Waals surface area contributed by atoms with E-state index in [1.165, 1.54) is 17.8 Å². The second-order valence-corrected chi connectivity index (χ2v) is 8.09. The van der Waals surface area contributed by atoms with Crippen molar-refractivity contribution < 1.29 is 9.59 Å². The lowest BCUT2D eigenvalue weighted by Crippen LogP contribution is -2.39. The largest absolute Gasteiger partial charge is 0.338 e. The Balaban J connectivity index is 0.00000280. The van der Waals surface area contributed by atoms with Crippen molar-refractivity contribution in [3.63, 3.8) is 0 Å². The van der Waals surface area contributed by atoms with Gasteiger partial charge in [-0.1, -0.05) is 6.92 Å². The molecule has 1 aromatic carbocycles. The van der Waals surface area contributed by atoms with Crippen molar-refractivity contribution in [2.75, 3.05) is 25.0 Å². The van der Waals surface area contributed by atoms with E-state index in [4.69, 9.17) is 5.73 Å². The summed E-state index contributed by atoms with van der Waals surface area (Å²) in [6.45, 7) is 6.22. The maximum absolute atomic E-state index is 12.7. The van der Waals surface area contributed by atoms with E-state index >= 15 is 0 Å². The van der Waals surface area contributed by atoms with Gasteiger partial charge in [0, 0.05) is 36.1 Å². The number of likely N-dealkylation sites (tertiary alicyclic amines) is 1. The first-order chi connectivity index (χ1) is 13.0. The van der Waals surface area contributed by atoms with Crippen molar-refractivity contribution in [2.45, 2.75) is 33.1 Å². The van der Waals surface area contributed by atoms with Gasteiger partial charge in [0.2, 0.25) is 0 Å². The van der Waals surface area contributed by atoms with Crippen molar-refractivity contribution >= 4 is 41.2 Å². The molecule has 2 amide bonds. The maximum Gasteiger partial charge on any atom is 0.275 e. The number of carbonyl (C=O) groups excluding carboxylic acids is 2. The van der Waals surface area contributed by atoms with Crippen LogP contribution in [0.2, 0.25) is 0 Å². The summed E-state index contributed by atoms with van der Waals surface area (Å²) in [7, 11) is 0. The van der Waals surface area contributed by atoms with E-state index in [2.05, 4.69) is 17.2 Å². The van der Waals surface area contributed by atoms with E-state index in [0.29, 0.717) is 35.8 Å². The monoisotopic (exact) mass is 422 g/mol. The van der Waals surface area contributed by atoms with Crippen LogP contribution in [0.15, 0.2) is 23.6 Å². The molecule has 0 aliphatic carbocycles. The first-order valence-corrected chi connectivity index (χ1v) is 10.2. The molecule has 1 fully saturated rings. The lowest BCUT2D eigenvalue weighted by atomic mass is 9.99. The van der Waals surface area contributed by atoms with Crippen molar-refractivity contribution in [3.05, 3.63) is 45.4 Å². The highest BCUT2D eigenvalue weighted by atomic mass is 35.5. The molecule has 0 saturated carbocycles. The molecular formula is C20H27ClN4O2S. The minimum absolute atomic E-state index is 0. The van der Waals surface area contributed by atoms with Crippen LogP contribution < -0.4 is 11.1 Å². The predicted octanol–water partition coefficient (Wildman–Crippen LogP) is 3.50. The van der Waals surface area contributed by atoms with Crippen molar-refractivity contribution in [1.29, 1.82) is 0 Å². The molecule has 1 aromatic heterocycles. The number of piperidine rings is 1. The molecule has 3 rings (SSSR count). The minimum Gasteiger partial charge on any atom is -0.338 e. The lowest BCUT2D eigenvalue weighted by molar-refractivity contribution is 0.0683. The van der Waals surface area contributed by atoms with Gasteiger partial charge in [-0.2, -0.15) is 0 Å². The quantitative estimate of drug-likeness (QED) is 0.771.